The molecule has 0 unspecified atom stereocenters. The zero-order valence-corrected chi connectivity index (χ0v) is 16.0. The van der Waals surface area contributed by atoms with Crippen LogP contribution in [0.2, 0.25) is 0 Å². The van der Waals surface area contributed by atoms with E-state index in [-0.39, 0.29) is 5.91 Å². The molecule has 0 saturated carbocycles. The number of hydrogen-bond donors (Lipinski definition) is 1. The predicted molar refractivity (Wildman–Crippen MR) is 108 cm³/mol. The first-order chi connectivity index (χ1) is 12.6. The van der Waals surface area contributed by atoms with Gasteiger partial charge < -0.3 is 10.1 Å². The largest absolute Gasteiger partial charge is 0.497 e. The molecule has 0 aliphatic heterocycles. The van der Waals surface area contributed by atoms with Gasteiger partial charge in [-0.3, -0.25) is 4.79 Å². The van der Waals surface area contributed by atoms with Gasteiger partial charge in [0.05, 0.1) is 18.4 Å². The Labute approximate surface area is 158 Å². The van der Waals surface area contributed by atoms with E-state index in [1.807, 2.05) is 24.3 Å². The number of anilines is 1. The highest BCUT2D eigenvalue weighted by Gasteiger charge is 2.10. The SMILES string of the molecule is CCc1cc2ccc(C)cc2nc1SCC(=O)Nc1ccc(OC)cc1. The Morgan fingerprint density at radius 3 is 2.62 bits per heavy atom. The third kappa shape index (κ3) is 4.35. The molecule has 1 aromatic heterocycles. The number of fused-ring (bicyclic) bond motifs is 1. The standard InChI is InChI=1S/C21H22N2O2S/c1-4-15-12-16-6-5-14(2)11-19(16)23-21(15)26-13-20(24)22-17-7-9-18(25-3)10-8-17/h5-12H,4,13H2,1-3H3,(H,22,24). The molecular formula is C21H22N2O2S. The molecule has 0 saturated heterocycles. The average molecular weight is 366 g/mol. The summed E-state index contributed by atoms with van der Waals surface area (Å²) in [7, 11) is 1.62. The van der Waals surface area contributed by atoms with Crippen LogP contribution in [0.3, 0.4) is 0 Å². The van der Waals surface area contributed by atoms with Crippen molar-refractivity contribution in [1.29, 1.82) is 0 Å². The van der Waals surface area contributed by atoms with Gasteiger partial charge in [-0.15, -0.1) is 0 Å². The molecule has 3 aromatic rings. The fourth-order valence-corrected chi connectivity index (χ4v) is 3.58. The number of amides is 1. The second-order valence-corrected chi connectivity index (χ2v) is 7.03. The van der Waals surface area contributed by atoms with Crippen molar-refractivity contribution in [2.24, 2.45) is 0 Å². The van der Waals surface area contributed by atoms with Gasteiger partial charge in [0.25, 0.3) is 0 Å². The Kier molecular flexibility index (Phi) is 5.78. The van der Waals surface area contributed by atoms with Crippen LogP contribution in [-0.4, -0.2) is 23.8 Å². The summed E-state index contributed by atoms with van der Waals surface area (Å²) >= 11 is 1.48. The van der Waals surface area contributed by atoms with Gasteiger partial charge in [0.15, 0.2) is 0 Å². The quantitative estimate of drug-likeness (QED) is 0.634. The lowest BCUT2D eigenvalue weighted by Crippen LogP contribution is -2.14. The number of aryl methyl sites for hydroxylation is 2. The summed E-state index contributed by atoms with van der Waals surface area (Å²) in [5, 5.41) is 4.97. The van der Waals surface area contributed by atoms with Crippen molar-refractivity contribution in [3.63, 3.8) is 0 Å². The second kappa shape index (κ2) is 8.23. The normalized spacial score (nSPS) is 10.7. The molecule has 0 bridgehead atoms. The molecule has 0 radical (unpaired) electrons. The average Bonchev–Trinajstić information content (AvgIpc) is 2.66. The fourth-order valence-electron chi connectivity index (χ4n) is 2.69. The van der Waals surface area contributed by atoms with Crippen molar-refractivity contribution in [1.82, 2.24) is 4.98 Å². The monoisotopic (exact) mass is 366 g/mol. The first kappa shape index (κ1) is 18.3. The lowest BCUT2D eigenvalue weighted by molar-refractivity contribution is -0.113. The van der Waals surface area contributed by atoms with E-state index >= 15 is 0 Å². The minimum atomic E-state index is -0.0478. The molecule has 1 heterocycles. The van der Waals surface area contributed by atoms with Crippen LogP contribution in [0.15, 0.2) is 53.6 Å². The maximum Gasteiger partial charge on any atom is 0.234 e. The molecule has 1 amide bonds. The van der Waals surface area contributed by atoms with E-state index in [0.29, 0.717) is 5.75 Å². The Bertz CT molecular complexity index is 923. The molecule has 134 valence electrons. The van der Waals surface area contributed by atoms with Crippen LogP contribution >= 0.6 is 11.8 Å². The molecule has 0 fully saturated rings. The zero-order valence-electron chi connectivity index (χ0n) is 15.2. The van der Waals surface area contributed by atoms with E-state index < -0.39 is 0 Å². The highest BCUT2D eigenvalue weighted by molar-refractivity contribution is 8.00. The summed E-state index contributed by atoms with van der Waals surface area (Å²) in [5.41, 5.74) is 4.08. The number of ether oxygens (including phenoxy) is 1. The van der Waals surface area contributed by atoms with Crippen LogP contribution in [0.5, 0.6) is 5.75 Å². The summed E-state index contributed by atoms with van der Waals surface area (Å²) in [6.45, 7) is 4.17. The molecule has 2 aromatic carbocycles. The van der Waals surface area contributed by atoms with E-state index in [0.717, 1.165) is 33.8 Å². The molecule has 0 aliphatic carbocycles. The van der Waals surface area contributed by atoms with Crippen molar-refractivity contribution in [3.05, 3.63) is 59.7 Å². The summed E-state index contributed by atoms with van der Waals surface area (Å²) in [5.74, 6) is 1.04. The van der Waals surface area contributed by atoms with E-state index in [9.17, 15) is 4.79 Å². The van der Waals surface area contributed by atoms with E-state index in [1.54, 1.807) is 7.11 Å². The van der Waals surface area contributed by atoms with Crippen LogP contribution in [-0.2, 0) is 11.2 Å². The lowest BCUT2D eigenvalue weighted by Gasteiger charge is -2.10. The maximum absolute atomic E-state index is 12.3. The van der Waals surface area contributed by atoms with E-state index in [1.165, 1.54) is 22.9 Å². The van der Waals surface area contributed by atoms with Crippen molar-refractivity contribution >= 4 is 34.3 Å². The topological polar surface area (TPSA) is 51.2 Å². The summed E-state index contributed by atoms with van der Waals surface area (Å²) in [6.07, 6.45) is 0.888. The van der Waals surface area contributed by atoms with Crippen LogP contribution in [0.1, 0.15) is 18.1 Å². The number of nitrogens with one attached hydrogen (secondary N) is 1. The van der Waals surface area contributed by atoms with Crippen LogP contribution in [0.25, 0.3) is 10.9 Å². The van der Waals surface area contributed by atoms with Gasteiger partial charge in [0.1, 0.15) is 10.8 Å². The third-order valence-corrected chi connectivity index (χ3v) is 5.14. The summed E-state index contributed by atoms with van der Waals surface area (Å²) in [6, 6.07) is 15.8. The highest BCUT2D eigenvalue weighted by atomic mass is 32.2. The Morgan fingerprint density at radius 1 is 1.15 bits per heavy atom. The molecule has 3 rings (SSSR count). The number of hydrogen-bond acceptors (Lipinski definition) is 4. The number of carbonyl (C=O) groups excluding carboxylic acids is 1. The minimum Gasteiger partial charge on any atom is -0.497 e. The van der Waals surface area contributed by atoms with Crippen molar-refractivity contribution in [3.8, 4) is 5.75 Å². The summed E-state index contributed by atoms with van der Waals surface area (Å²) in [4.78, 5) is 17.0. The fraction of sp³-hybridized carbons (Fsp3) is 0.238. The number of nitrogens with zero attached hydrogens (tertiary/aromatic N) is 1. The molecule has 0 atom stereocenters. The van der Waals surface area contributed by atoms with Gasteiger partial charge in [-0.05, 0) is 60.9 Å². The minimum absolute atomic E-state index is 0.0478. The number of carbonyl (C=O) groups is 1. The van der Waals surface area contributed by atoms with E-state index in [4.69, 9.17) is 9.72 Å². The number of methoxy groups -OCH3 is 1. The second-order valence-electron chi connectivity index (χ2n) is 6.07. The molecule has 0 spiro atoms. The third-order valence-electron chi connectivity index (χ3n) is 4.11. The van der Waals surface area contributed by atoms with Crippen molar-refractivity contribution < 1.29 is 9.53 Å². The van der Waals surface area contributed by atoms with Gasteiger partial charge in [0, 0.05) is 11.1 Å². The Hall–Kier alpha value is -2.53. The molecule has 1 N–H and O–H groups in total. The number of pyridine rings is 1. The van der Waals surface area contributed by atoms with Gasteiger partial charge in [-0.25, -0.2) is 4.98 Å². The van der Waals surface area contributed by atoms with Crippen LogP contribution in [0.4, 0.5) is 5.69 Å². The van der Waals surface area contributed by atoms with Gasteiger partial charge in [-0.1, -0.05) is 30.8 Å². The Morgan fingerprint density at radius 2 is 1.92 bits per heavy atom. The van der Waals surface area contributed by atoms with E-state index in [2.05, 4.69) is 43.4 Å². The predicted octanol–water partition coefficient (Wildman–Crippen LogP) is 4.85. The molecule has 0 aliphatic rings. The highest BCUT2D eigenvalue weighted by Crippen LogP contribution is 2.26. The summed E-state index contributed by atoms with van der Waals surface area (Å²) < 4.78 is 5.12. The van der Waals surface area contributed by atoms with Gasteiger partial charge >= 0.3 is 0 Å². The van der Waals surface area contributed by atoms with Gasteiger partial charge in [-0.2, -0.15) is 0 Å². The van der Waals surface area contributed by atoms with Crippen LogP contribution < -0.4 is 10.1 Å². The first-order valence-electron chi connectivity index (χ1n) is 8.56. The Balaban J connectivity index is 1.70. The van der Waals surface area contributed by atoms with Crippen molar-refractivity contribution in [2.75, 3.05) is 18.2 Å². The molecular weight excluding hydrogens is 344 g/mol. The van der Waals surface area contributed by atoms with Gasteiger partial charge in [0.2, 0.25) is 5.91 Å². The number of benzene rings is 2. The smallest absolute Gasteiger partial charge is 0.234 e. The first-order valence-corrected chi connectivity index (χ1v) is 9.54. The van der Waals surface area contributed by atoms with Crippen molar-refractivity contribution in [2.45, 2.75) is 25.3 Å². The zero-order chi connectivity index (χ0) is 18.5. The molecule has 26 heavy (non-hydrogen) atoms. The van der Waals surface area contributed by atoms with Crippen LogP contribution in [0, 0.1) is 6.92 Å². The lowest BCUT2D eigenvalue weighted by atomic mass is 10.1. The number of thioether (sulfide) groups is 1. The maximum atomic E-state index is 12.3. The number of aromatic nitrogens is 1. The molecule has 5 heteroatoms. The number of rotatable bonds is 6. The molecule has 4 nitrogen and oxygen atoms in total.